The number of piperidine rings is 1. The number of aliphatic hydroxyl groups is 1. The van der Waals surface area contributed by atoms with Gasteiger partial charge in [-0.05, 0) is 57.1 Å². The van der Waals surface area contributed by atoms with Crippen LogP contribution in [0.25, 0.3) is 0 Å². The Labute approximate surface area is 262 Å². The van der Waals surface area contributed by atoms with E-state index in [2.05, 4.69) is 21.1 Å². The number of amides is 4. The number of hydrogen-bond acceptors (Lipinski definition) is 8. The normalized spacial score (nSPS) is 15.4. The van der Waals surface area contributed by atoms with E-state index in [1.165, 1.54) is 13.0 Å². The van der Waals surface area contributed by atoms with E-state index in [4.69, 9.17) is 9.26 Å². The van der Waals surface area contributed by atoms with Crippen molar-refractivity contribution in [2.75, 3.05) is 13.1 Å². The Bertz CT molecular complexity index is 1430. The number of aliphatic hydroxyl groups excluding tert-OH is 1. The molecule has 1 unspecified atom stereocenters. The summed E-state index contributed by atoms with van der Waals surface area (Å²) in [5.74, 6) is -1.36. The number of nitrogens with one attached hydrogen (secondary N) is 3. The molecule has 12 heteroatoms. The fourth-order valence-corrected chi connectivity index (χ4v) is 5.10. The van der Waals surface area contributed by atoms with E-state index in [0.29, 0.717) is 38.1 Å². The predicted octanol–water partition coefficient (Wildman–Crippen LogP) is 3.01. The molecule has 4 N–H and O–H groups in total. The molecule has 1 aliphatic rings. The molecular formula is C33H41N5O7. The number of aromatic nitrogens is 1. The number of likely N-dealkylation sites (tertiary alicyclic amines) is 1. The second kappa shape index (κ2) is 15.8. The summed E-state index contributed by atoms with van der Waals surface area (Å²) in [4.78, 5) is 53.8. The first-order chi connectivity index (χ1) is 21.6. The van der Waals surface area contributed by atoms with E-state index in [0.717, 1.165) is 16.7 Å². The average molecular weight is 620 g/mol. The van der Waals surface area contributed by atoms with Crippen molar-refractivity contribution >= 4 is 23.8 Å². The van der Waals surface area contributed by atoms with Crippen LogP contribution in [0.5, 0.6) is 0 Å². The SMILES string of the molecule is Cc1ccc(CNC(=O)C(CC2CCN(C(=O)OCc3ccccc3)CC2)NC(=O)[C@@H](NC(=O)c2cc(C)on2)[C@@H](C)O)cc1. The van der Waals surface area contributed by atoms with Gasteiger partial charge in [-0.15, -0.1) is 0 Å². The zero-order chi connectivity index (χ0) is 32.3. The number of carbonyl (C=O) groups excluding carboxylic acids is 4. The Kier molecular flexibility index (Phi) is 11.7. The second-order valence-electron chi connectivity index (χ2n) is 11.5. The molecule has 240 valence electrons. The van der Waals surface area contributed by atoms with Crippen LogP contribution >= 0.6 is 0 Å². The minimum Gasteiger partial charge on any atom is -0.445 e. The summed E-state index contributed by atoms with van der Waals surface area (Å²) in [5, 5.41) is 22.2. The lowest BCUT2D eigenvalue weighted by molar-refractivity contribution is -0.131. The summed E-state index contributed by atoms with van der Waals surface area (Å²) in [6.45, 7) is 6.33. The van der Waals surface area contributed by atoms with Gasteiger partial charge in [0.25, 0.3) is 5.91 Å². The molecular weight excluding hydrogens is 578 g/mol. The molecule has 1 fully saturated rings. The Hall–Kier alpha value is -4.71. The van der Waals surface area contributed by atoms with Crippen LogP contribution in [-0.4, -0.2) is 70.3 Å². The Morgan fingerprint density at radius 1 is 0.978 bits per heavy atom. The predicted molar refractivity (Wildman–Crippen MR) is 165 cm³/mol. The van der Waals surface area contributed by atoms with Crippen LogP contribution in [0.15, 0.2) is 65.2 Å². The molecule has 0 saturated carbocycles. The number of ether oxygens (including phenoxy) is 1. The lowest BCUT2D eigenvalue weighted by atomic mass is 9.89. The Morgan fingerprint density at radius 2 is 1.67 bits per heavy atom. The zero-order valence-corrected chi connectivity index (χ0v) is 25.8. The van der Waals surface area contributed by atoms with Gasteiger partial charge in [-0.25, -0.2) is 4.79 Å². The summed E-state index contributed by atoms with van der Waals surface area (Å²) in [7, 11) is 0. The van der Waals surface area contributed by atoms with Crippen LogP contribution in [0.1, 0.15) is 59.1 Å². The van der Waals surface area contributed by atoms with Gasteiger partial charge in [0, 0.05) is 25.7 Å². The van der Waals surface area contributed by atoms with Crippen molar-refractivity contribution in [3.63, 3.8) is 0 Å². The van der Waals surface area contributed by atoms with E-state index in [1.54, 1.807) is 11.8 Å². The van der Waals surface area contributed by atoms with Gasteiger partial charge < -0.3 is 35.2 Å². The van der Waals surface area contributed by atoms with E-state index < -0.39 is 42.0 Å². The molecule has 0 aliphatic carbocycles. The first-order valence-corrected chi connectivity index (χ1v) is 15.1. The second-order valence-corrected chi connectivity index (χ2v) is 11.5. The fourth-order valence-electron chi connectivity index (χ4n) is 5.10. The monoisotopic (exact) mass is 619 g/mol. The van der Waals surface area contributed by atoms with E-state index >= 15 is 0 Å². The van der Waals surface area contributed by atoms with Gasteiger partial charge in [-0.2, -0.15) is 0 Å². The minimum atomic E-state index is -1.34. The Balaban J connectivity index is 1.38. The van der Waals surface area contributed by atoms with Crippen molar-refractivity contribution in [2.24, 2.45) is 5.92 Å². The van der Waals surface area contributed by atoms with Crippen molar-refractivity contribution in [1.29, 1.82) is 0 Å². The molecule has 2 aromatic carbocycles. The number of nitrogens with zero attached hydrogens (tertiary/aromatic N) is 2. The number of rotatable bonds is 12. The molecule has 4 amide bonds. The third kappa shape index (κ3) is 9.90. The number of hydrogen-bond donors (Lipinski definition) is 4. The molecule has 0 radical (unpaired) electrons. The maximum absolute atomic E-state index is 13.4. The van der Waals surface area contributed by atoms with Crippen molar-refractivity contribution in [2.45, 2.75) is 71.4 Å². The molecule has 4 rings (SSSR count). The topological polar surface area (TPSA) is 163 Å². The lowest BCUT2D eigenvalue weighted by Crippen LogP contribution is -2.57. The first kappa shape index (κ1) is 33.2. The maximum Gasteiger partial charge on any atom is 0.410 e. The van der Waals surface area contributed by atoms with Gasteiger partial charge in [0.2, 0.25) is 11.8 Å². The maximum atomic E-state index is 13.4. The minimum absolute atomic E-state index is 0.0243. The number of aryl methyl sites for hydroxylation is 2. The van der Waals surface area contributed by atoms with Gasteiger partial charge in [-0.3, -0.25) is 14.4 Å². The largest absolute Gasteiger partial charge is 0.445 e. The highest BCUT2D eigenvalue weighted by atomic mass is 16.6. The van der Waals surface area contributed by atoms with Gasteiger partial charge >= 0.3 is 6.09 Å². The van der Waals surface area contributed by atoms with Gasteiger partial charge in [0.15, 0.2) is 5.69 Å². The molecule has 2 heterocycles. The molecule has 1 aromatic heterocycles. The summed E-state index contributed by atoms with van der Waals surface area (Å²) in [6, 6.07) is 16.3. The molecule has 0 bridgehead atoms. The summed E-state index contributed by atoms with van der Waals surface area (Å²) >= 11 is 0. The highest BCUT2D eigenvalue weighted by Gasteiger charge is 2.33. The summed E-state index contributed by atoms with van der Waals surface area (Å²) in [6.07, 6.45) is -0.124. The van der Waals surface area contributed by atoms with Gasteiger partial charge in [-0.1, -0.05) is 65.3 Å². The molecule has 1 saturated heterocycles. The molecule has 12 nitrogen and oxygen atoms in total. The molecule has 3 atom stereocenters. The lowest BCUT2D eigenvalue weighted by Gasteiger charge is -2.33. The van der Waals surface area contributed by atoms with Gasteiger partial charge in [0.05, 0.1) is 6.10 Å². The van der Waals surface area contributed by atoms with Crippen LogP contribution in [0, 0.1) is 19.8 Å². The zero-order valence-electron chi connectivity index (χ0n) is 25.8. The smallest absolute Gasteiger partial charge is 0.410 e. The van der Waals surface area contributed by atoms with Crippen molar-refractivity contribution in [3.05, 3.63) is 88.8 Å². The number of carbonyl (C=O) groups is 4. The molecule has 1 aliphatic heterocycles. The Morgan fingerprint density at radius 3 is 2.29 bits per heavy atom. The number of benzene rings is 2. The van der Waals surface area contributed by atoms with Crippen LogP contribution in [0.4, 0.5) is 4.79 Å². The highest BCUT2D eigenvalue weighted by molar-refractivity contribution is 5.97. The van der Waals surface area contributed by atoms with Crippen LogP contribution in [-0.2, 0) is 27.5 Å². The first-order valence-electron chi connectivity index (χ1n) is 15.1. The van der Waals surface area contributed by atoms with Crippen LogP contribution < -0.4 is 16.0 Å². The average Bonchev–Trinajstić information content (AvgIpc) is 3.48. The van der Waals surface area contributed by atoms with Crippen molar-refractivity contribution < 1.29 is 33.5 Å². The third-order valence-corrected chi connectivity index (χ3v) is 7.78. The third-order valence-electron chi connectivity index (χ3n) is 7.78. The van der Waals surface area contributed by atoms with E-state index in [1.807, 2.05) is 61.5 Å². The molecule has 45 heavy (non-hydrogen) atoms. The quantitative estimate of drug-likeness (QED) is 0.240. The standard InChI is InChI=1S/C33H41N5O7/c1-21-9-11-25(12-10-21)19-34-30(40)27(35-32(42)29(23(3)39)36-31(41)28-17-22(2)45-37-28)18-24-13-15-38(16-14-24)33(43)44-20-26-7-5-4-6-8-26/h4-12,17,23-24,27,29,39H,13-16,18-20H2,1-3H3,(H,34,40)(H,35,42)(H,36,41)/t23-,27?,29+/m1/s1. The summed E-state index contributed by atoms with van der Waals surface area (Å²) in [5.41, 5.74) is 2.86. The van der Waals surface area contributed by atoms with Gasteiger partial charge in [0.1, 0.15) is 24.5 Å². The molecule has 3 aromatic rings. The highest BCUT2D eigenvalue weighted by Crippen LogP contribution is 2.23. The summed E-state index contributed by atoms with van der Waals surface area (Å²) < 4.78 is 10.4. The van der Waals surface area contributed by atoms with Crippen molar-refractivity contribution in [3.8, 4) is 0 Å². The van der Waals surface area contributed by atoms with Crippen LogP contribution in [0.2, 0.25) is 0 Å². The van der Waals surface area contributed by atoms with E-state index in [-0.39, 0.29) is 24.8 Å². The molecule has 0 spiro atoms. The fraction of sp³-hybridized carbons (Fsp3) is 0.424. The van der Waals surface area contributed by atoms with Crippen molar-refractivity contribution in [1.82, 2.24) is 26.0 Å². The van der Waals surface area contributed by atoms with Crippen LogP contribution in [0.3, 0.4) is 0 Å². The van der Waals surface area contributed by atoms with E-state index in [9.17, 15) is 24.3 Å².